The number of nitrogens with one attached hydrogen (secondary N) is 2. The number of aromatic nitrogens is 3. The fourth-order valence-electron chi connectivity index (χ4n) is 1.42. The van der Waals surface area contributed by atoms with Gasteiger partial charge in [-0.2, -0.15) is 15.0 Å². The molecule has 1 aromatic carbocycles. The molecule has 0 spiro atoms. The minimum atomic E-state index is -1.03. The van der Waals surface area contributed by atoms with Crippen LogP contribution in [0, 0.1) is 0 Å². The molecule has 0 bridgehead atoms. The van der Waals surface area contributed by atoms with Crippen LogP contribution in [0.3, 0.4) is 0 Å². The average Bonchev–Trinajstić information content (AvgIpc) is 2.40. The first-order valence-electron chi connectivity index (χ1n) is 5.97. The average molecular weight is 309 g/mol. The normalized spacial score (nSPS) is 11.7. The number of nitrogens with two attached hydrogens (primary N) is 1. The van der Waals surface area contributed by atoms with Crippen molar-refractivity contribution in [3.05, 3.63) is 29.5 Å². The molecular weight excluding hydrogens is 296 g/mol. The van der Waals surface area contributed by atoms with Gasteiger partial charge in [0.25, 0.3) is 0 Å². The van der Waals surface area contributed by atoms with Crippen molar-refractivity contribution >= 4 is 40.8 Å². The molecule has 8 nitrogen and oxygen atoms in total. The number of halogens is 1. The van der Waals surface area contributed by atoms with Gasteiger partial charge in [0.2, 0.25) is 17.2 Å². The number of carbonyl (C=O) groups is 1. The number of benzene rings is 1. The number of aliphatic carboxylic acids is 1. The van der Waals surface area contributed by atoms with E-state index in [9.17, 15) is 4.79 Å². The highest BCUT2D eigenvalue weighted by Gasteiger charge is 2.13. The first-order chi connectivity index (χ1) is 9.94. The van der Waals surface area contributed by atoms with E-state index < -0.39 is 12.0 Å². The standard InChI is InChI=1S/C12H13ClN6O2/c1-6(9(20)21)15-11-17-10(13)18-12(19-11)16-8-4-2-7(14)3-5-8/h2-6H,14H2,1H3,(H,20,21)(H2,15,16,17,18,19). The smallest absolute Gasteiger partial charge is 0.325 e. The van der Waals surface area contributed by atoms with E-state index in [-0.39, 0.29) is 17.2 Å². The summed E-state index contributed by atoms with van der Waals surface area (Å²) in [5.74, 6) is -0.762. The van der Waals surface area contributed by atoms with Crippen molar-refractivity contribution in [2.24, 2.45) is 0 Å². The van der Waals surface area contributed by atoms with Crippen LogP contribution in [0.1, 0.15) is 6.92 Å². The monoisotopic (exact) mass is 308 g/mol. The van der Waals surface area contributed by atoms with E-state index in [2.05, 4.69) is 25.6 Å². The van der Waals surface area contributed by atoms with Gasteiger partial charge in [0, 0.05) is 11.4 Å². The lowest BCUT2D eigenvalue weighted by Gasteiger charge is -2.11. The zero-order valence-corrected chi connectivity index (χ0v) is 11.8. The van der Waals surface area contributed by atoms with Gasteiger partial charge < -0.3 is 21.5 Å². The molecule has 0 aliphatic carbocycles. The minimum absolute atomic E-state index is 0.0527. The SMILES string of the molecule is CC(Nc1nc(Cl)nc(Nc2ccc(N)cc2)n1)C(=O)O. The molecule has 2 aromatic rings. The third kappa shape index (κ3) is 4.18. The molecular formula is C12H13ClN6O2. The molecule has 0 fully saturated rings. The van der Waals surface area contributed by atoms with Crippen LogP contribution in [0.25, 0.3) is 0 Å². The minimum Gasteiger partial charge on any atom is -0.480 e. The molecule has 1 heterocycles. The van der Waals surface area contributed by atoms with E-state index in [1.165, 1.54) is 6.92 Å². The molecule has 0 saturated carbocycles. The third-order valence-corrected chi connectivity index (χ3v) is 2.66. The molecule has 1 atom stereocenters. The summed E-state index contributed by atoms with van der Waals surface area (Å²) in [6, 6.07) is 6.08. The van der Waals surface area contributed by atoms with Crippen LogP contribution in [0.5, 0.6) is 0 Å². The maximum atomic E-state index is 10.8. The summed E-state index contributed by atoms with van der Waals surface area (Å²) in [6.45, 7) is 1.47. The Bertz CT molecular complexity index is 649. The van der Waals surface area contributed by atoms with Crippen LogP contribution in [0.2, 0.25) is 5.28 Å². The van der Waals surface area contributed by atoms with E-state index >= 15 is 0 Å². The van der Waals surface area contributed by atoms with Gasteiger partial charge in [-0.3, -0.25) is 4.79 Å². The van der Waals surface area contributed by atoms with Crippen molar-refractivity contribution < 1.29 is 9.90 Å². The Morgan fingerprint density at radius 1 is 1.24 bits per heavy atom. The summed E-state index contributed by atoms with van der Waals surface area (Å²) < 4.78 is 0. The molecule has 0 saturated heterocycles. The first kappa shape index (κ1) is 14.8. The van der Waals surface area contributed by atoms with E-state index in [4.69, 9.17) is 22.4 Å². The van der Waals surface area contributed by atoms with Gasteiger partial charge >= 0.3 is 5.97 Å². The fourth-order valence-corrected chi connectivity index (χ4v) is 1.58. The van der Waals surface area contributed by atoms with E-state index in [0.717, 1.165) is 0 Å². The lowest BCUT2D eigenvalue weighted by Crippen LogP contribution is -2.26. The number of anilines is 4. The fraction of sp³-hybridized carbons (Fsp3) is 0.167. The van der Waals surface area contributed by atoms with Gasteiger partial charge in [-0.15, -0.1) is 0 Å². The van der Waals surface area contributed by atoms with Crippen LogP contribution in [-0.2, 0) is 4.79 Å². The summed E-state index contributed by atoms with van der Waals surface area (Å²) in [5.41, 5.74) is 6.94. The largest absolute Gasteiger partial charge is 0.480 e. The van der Waals surface area contributed by atoms with Crippen LogP contribution >= 0.6 is 11.6 Å². The molecule has 1 unspecified atom stereocenters. The highest BCUT2D eigenvalue weighted by atomic mass is 35.5. The van der Waals surface area contributed by atoms with Crippen molar-refractivity contribution in [3.8, 4) is 0 Å². The second-order valence-electron chi connectivity index (χ2n) is 4.20. The molecule has 5 N–H and O–H groups in total. The Morgan fingerprint density at radius 2 is 1.86 bits per heavy atom. The van der Waals surface area contributed by atoms with E-state index in [1.54, 1.807) is 24.3 Å². The number of hydrogen-bond donors (Lipinski definition) is 4. The van der Waals surface area contributed by atoms with E-state index in [1.807, 2.05) is 0 Å². The number of carboxylic acids is 1. The second kappa shape index (κ2) is 6.23. The topological polar surface area (TPSA) is 126 Å². The molecule has 0 amide bonds. The zero-order chi connectivity index (χ0) is 15.4. The van der Waals surface area contributed by atoms with Crippen molar-refractivity contribution in [1.29, 1.82) is 0 Å². The Balaban J connectivity index is 2.18. The molecule has 1 aromatic heterocycles. The zero-order valence-electron chi connectivity index (χ0n) is 11.0. The number of rotatable bonds is 5. The van der Waals surface area contributed by atoms with Crippen LogP contribution < -0.4 is 16.4 Å². The van der Waals surface area contributed by atoms with Crippen molar-refractivity contribution in [1.82, 2.24) is 15.0 Å². The Kier molecular flexibility index (Phi) is 4.39. The lowest BCUT2D eigenvalue weighted by atomic mass is 10.3. The summed E-state index contributed by atoms with van der Waals surface area (Å²) in [7, 11) is 0. The number of hydrogen-bond acceptors (Lipinski definition) is 7. The highest BCUT2D eigenvalue weighted by molar-refractivity contribution is 6.28. The Labute approximate surface area is 125 Å². The molecule has 2 rings (SSSR count). The Hall–Kier alpha value is -2.61. The molecule has 0 aliphatic heterocycles. The van der Waals surface area contributed by atoms with Crippen molar-refractivity contribution in [2.45, 2.75) is 13.0 Å². The maximum Gasteiger partial charge on any atom is 0.325 e. The predicted molar refractivity (Wildman–Crippen MR) is 79.7 cm³/mol. The van der Waals surface area contributed by atoms with Crippen molar-refractivity contribution in [2.75, 3.05) is 16.4 Å². The molecule has 0 aliphatic rings. The third-order valence-electron chi connectivity index (χ3n) is 2.49. The summed E-state index contributed by atoms with van der Waals surface area (Å²) in [5, 5.41) is 14.3. The Morgan fingerprint density at radius 3 is 2.48 bits per heavy atom. The lowest BCUT2D eigenvalue weighted by molar-refractivity contribution is -0.137. The molecule has 110 valence electrons. The summed E-state index contributed by atoms with van der Waals surface area (Å²) in [6.07, 6.45) is 0. The number of carboxylic acid groups (broad SMARTS) is 1. The van der Waals surface area contributed by atoms with Crippen LogP contribution in [0.15, 0.2) is 24.3 Å². The quantitative estimate of drug-likeness (QED) is 0.615. The summed E-state index contributed by atoms with van der Waals surface area (Å²) in [4.78, 5) is 22.6. The van der Waals surface area contributed by atoms with Crippen LogP contribution in [0.4, 0.5) is 23.3 Å². The number of nitrogen functional groups attached to an aromatic ring is 1. The van der Waals surface area contributed by atoms with E-state index in [0.29, 0.717) is 11.4 Å². The first-order valence-corrected chi connectivity index (χ1v) is 6.35. The van der Waals surface area contributed by atoms with Gasteiger partial charge in [-0.25, -0.2) is 0 Å². The predicted octanol–water partition coefficient (Wildman–Crippen LogP) is 1.74. The molecule has 9 heteroatoms. The second-order valence-corrected chi connectivity index (χ2v) is 4.54. The molecule has 0 radical (unpaired) electrons. The summed E-state index contributed by atoms with van der Waals surface area (Å²) >= 11 is 5.79. The van der Waals surface area contributed by atoms with Gasteiger partial charge in [-0.05, 0) is 42.8 Å². The van der Waals surface area contributed by atoms with Gasteiger partial charge in [0.1, 0.15) is 6.04 Å². The van der Waals surface area contributed by atoms with Gasteiger partial charge in [0.15, 0.2) is 0 Å². The van der Waals surface area contributed by atoms with Crippen molar-refractivity contribution in [3.63, 3.8) is 0 Å². The van der Waals surface area contributed by atoms with Gasteiger partial charge in [0.05, 0.1) is 0 Å². The van der Waals surface area contributed by atoms with Gasteiger partial charge in [-0.1, -0.05) is 0 Å². The number of nitrogens with zero attached hydrogens (tertiary/aromatic N) is 3. The molecule has 21 heavy (non-hydrogen) atoms. The highest BCUT2D eigenvalue weighted by Crippen LogP contribution is 2.17. The maximum absolute atomic E-state index is 10.8. The van der Waals surface area contributed by atoms with Crippen LogP contribution in [-0.4, -0.2) is 32.1 Å².